The van der Waals surface area contributed by atoms with E-state index in [9.17, 15) is 18.0 Å². The minimum absolute atomic E-state index is 0.0185. The first kappa shape index (κ1) is 18.6. The summed E-state index contributed by atoms with van der Waals surface area (Å²) < 4.78 is 43.7. The van der Waals surface area contributed by atoms with Crippen LogP contribution in [0.1, 0.15) is 26.7 Å². The van der Waals surface area contributed by atoms with Crippen molar-refractivity contribution in [2.24, 2.45) is 5.92 Å². The van der Waals surface area contributed by atoms with Gasteiger partial charge in [-0.3, -0.25) is 4.79 Å². The Kier molecular flexibility index (Phi) is 5.79. The Morgan fingerprint density at radius 2 is 2.12 bits per heavy atom. The van der Waals surface area contributed by atoms with Gasteiger partial charge in [0.2, 0.25) is 5.91 Å². The van der Waals surface area contributed by atoms with E-state index in [2.05, 4.69) is 26.2 Å². The highest BCUT2D eigenvalue weighted by atomic mass is 79.9. The number of rotatable bonds is 6. The van der Waals surface area contributed by atoms with Gasteiger partial charge in [0.15, 0.2) is 0 Å². The number of carbonyl (C=O) groups is 1. The van der Waals surface area contributed by atoms with E-state index in [0.29, 0.717) is 22.3 Å². The third kappa shape index (κ3) is 4.66. The molecule has 24 heavy (non-hydrogen) atoms. The molecule has 0 aliphatic carbocycles. The minimum atomic E-state index is -4.17. The first-order valence-electron chi connectivity index (χ1n) is 7.46. The van der Waals surface area contributed by atoms with Crippen LogP contribution in [-0.2, 0) is 4.79 Å². The molecule has 1 aromatic heterocycles. The molecule has 0 radical (unpaired) electrons. The molecule has 1 atom stereocenters. The van der Waals surface area contributed by atoms with Crippen LogP contribution in [0.5, 0.6) is 5.75 Å². The SMILES string of the molecule is CC(=O)Nc1c[nH]c2cc(Br)c(OCCCC(C)C(F)(F)F)cc12. The third-order valence-electron chi connectivity index (χ3n) is 3.64. The van der Waals surface area contributed by atoms with Crippen molar-refractivity contribution in [2.45, 2.75) is 32.9 Å². The molecule has 1 aromatic carbocycles. The molecular formula is C16H18BrF3N2O2. The highest BCUT2D eigenvalue weighted by Gasteiger charge is 2.35. The van der Waals surface area contributed by atoms with Gasteiger partial charge in [-0.05, 0) is 40.9 Å². The van der Waals surface area contributed by atoms with Gasteiger partial charge in [-0.1, -0.05) is 6.92 Å². The van der Waals surface area contributed by atoms with E-state index in [0.717, 1.165) is 10.9 Å². The van der Waals surface area contributed by atoms with Crippen molar-refractivity contribution in [1.29, 1.82) is 0 Å². The van der Waals surface area contributed by atoms with Crippen LogP contribution in [0.15, 0.2) is 22.8 Å². The van der Waals surface area contributed by atoms with Gasteiger partial charge in [-0.15, -0.1) is 0 Å². The number of nitrogens with one attached hydrogen (secondary N) is 2. The summed E-state index contributed by atoms with van der Waals surface area (Å²) in [6.07, 6.45) is -2.17. The molecule has 8 heteroatoms. The number of fused-ring (bicyclic) bond motifs is 1. The van der Waals surface area contributed by atoms with E-state index in [1.165, 1.54) is 13.8 Å². The van der Waals surface area contributed by atoms with Gasteiger partial charge < -0.3 is 15.0 Å². The molecule has 2 aromatic rings. The molecule has 2 rings (SSSR count). The van der Waals surface area contributed by atoms with Crippen LogP contribution in [0.3, 0.4) is 0 Å². The molecule has 0 aliphatic rings. The van der Waals surface area contributed by atoms with Crippen LogP contribution < -0.4 is 10.1 Å². The molecular weight excluding hydrogens is 389 g/mol. The summed E-state index contributed by atoms with van der Waals surface area (Å²) in [6.45, 7) is 2.77. The fourth-order valence-electron chi connectivity index (χ4n) is 2.26. The number of alkyl halides is 3. The van der Waals surface area contributed by atoms with E-state index in [1.807, 2.05) is 0 Å². The zero-order valence-electron chi connectivity index (χ0n) is 13.3. The van der Waals surface area contributed by atoms with Gasteiger partial charge in [-0.25, -0.2) is 0 Å². The lowest BCUT2D eigenvalue weighted by atomic mass is 10.1. The summed E-state index contributed by atoms with van der Waals surface area (Å²) in [5.41, 5.74) is 1.43. The van der Waals surface area contributed by atoms with Gasteiger partial charge >= 0.3 is 6.18 Å². The molecule has 0 saturated heterocycles. The van der Waals surface area contributed by atoms with Crippen LogP contribution in [0.4, 0.5) is 18.9 Å². The number of hydrogen-bond donors (Lipinski definition) is 2. The molecule has 1 amide bonds. The van der Waals surface area contributed by atoms with Crippen molar-refractivity contribution in [3.63, 3.8) is 0 Å². The second-order valence-corrected chi connectivity index (χ2v) is 6.50. The standard InChI is InChI=1S/C16H18BrF3N2O2/c1-9(16(18,19)20)4-3-5-24-15-6-11-13(7-12(15)17)21-8-14(11)22-10(2)23/h6-9,21H,3-5H2,1-2H3,(H,22,23). The van der Waals surface area contributed by atoms with Gasteiger partial charge in [-0.2, -0.15) is 13.2 Å². The lowest BCUT2D eigenvalue weighted by Crippen LogP contribution is -2.20. The number of aromatic amines is 1. The maximum atomic E-state index is 12.5. The third-order valence-corrected chi connectivity index (χ3v) is 4.26. The maximum Gasteiger partial charge on any atom is 0.391 e. The average molecular weight is 407 g/mol. The predicted molar refractivity (Wildman–Crippen MR) is 90.3 cm³/mol. The molecule has 0 fully saturated rings. The summed E-state index contributed by atoms with van der Waals surface area (Å²) in [4.78, 5) is 14.2. The highest BCUT2D eigenvalue weighted by molar-refractivity contribution is 9.10. The number of carbonyl (C=O) groups excluding carboxylic acids is 1. The quantitative estimate of drug-likeness (QED) is 0.643. The topological polar surface area (TPSA) is 54.1 Å². The highest BCUT2D eigenvalue weighted by Crippen LogP contribution is 2.34. The van der Waals surface area contributed by atoms with Gasteiger partial charge in [0, 0.05) is 24.0 Å². The fraction of sp³-hybridized carbons (Fsp3) is 0.438. The number of hydrogen-bond acceptors (Lipinski definition) is 2. The summed E-state index contributed by atoms with van der Waals surface area (Å²) in [5, 5.41) is 3.48. The van der Waals surface area contributed by atoms with Crippen molar-refractivity contribution in [1.82, 2.24) is 4.98 Å². The van der Waals surface area contributed by atoms with Crippen molar-refractivity contribution >= 4 is 38.4 Å². The molecule has 4 nitrogen and oxygen atoms in total. The average Bonchev–Trinajstić information content (AvgIpc) is 2.83. The summed E-state index contributed by atoms with van der Waals surface area (Å²) in [5.74, 6) is -1.01. The number of amides is 1. The smallest absolute Gasteiger partial charge is 0.391 e. The second-order valence-electron chi connectivity index (χ2n) is 5.65. The molecule has 1 heterocycles. The van der Waals surface area contributed by atoms with Crippen molar-refractivity contribution in [3.8, 4) is 5.75 Å². The minimum Gasteiger partial charge on any atom is -0.492 e. The Morgan fingerprint density at radius 1 is 1.42 bits per heavy atom. The van der Waals surface area contributed by atoms with E-state index in [1.54, 1.807) is 18.3 Å². The predicted octanol–water partition coefficient (Wildman–Crippen LogP) is 5.25. The molecule has 1 unspecified atom stereocenters. The zero-order valence-corrected chi connectivity index (χ0v) is 14.8. The Bertz CT molecular complexity index is 728. The van der Waals surface area contributed by atoms with Gasteiger partial charge in [0.1, 0.15) is 5.75 Å². The number of halogens is 4. The Balaban J connectivity index is 2.03. The van der Waals surface area contributed by atoms with Crippen molar-refractivity contribution in [3.05, 3.63) is 22.8 Å². The monoisotopic (exact) mass is 406 g/mol. The number of ether oxygens (including phenoxy) is 1. The number of benzene rings is 1. The van der Waals surface area contributed by atoms with E-state index in [4.69, 9.17) is 4.74 Å². The van der Waals surface area contributed by atoms with Crippen molar-refractivity contribution < 1.29 is 22.7 Å². The second kappa shape index (κ2) is 7.46. The van der Waals surface area contributed by atoms with E-state index >= 15 is 0 Å². The lowest BCUT2D eigenvalue weighted by Gasteiger charge is -2.15. The fourth-order valence-corrected chi connectivity index (χ4v) is 2.72. The van der Waals surface area contributed by atoms with Crippen LogP contribution in [0.25, 0.3) is 10.9 Å². The van der Waals surface area contributed by atoms with Crippen molar-refractivity contribution in [2.75, 3.05) is 11.9 Å². The number of anilines is 1. The number of H-pyrrole nitrogens is 1. The molecule has 0 saturated carbocycles. The first-order chi connectivity index (χ1) is 11.2. The molecule has 2 N–H and O–H groups in total. The lowest BCUT2D eigenvalue weighted by molar-refractivity contribution is -0.171. The maximum absolute atomic E-state index is 12.5. The zero-order chi connectivity index (χ0) is 17.9. The normalized spacial score (nSPS) is 13.1. The molecule has 0 spiro atoms. The van der Waals surface area contributed by atoms with Crippen LogP contribution in [0, 0.1) is 5.92 Å². The van der Waals surface area contributed by atoms with Crippen LogP contribution in [0.2, 0.25) is 0 Å². The van der Waals surface area contributed by atoms with Gasteiger partial charge in [0.25, 0.3) is 0 Å². The Hall–Kier alpha value is -1.70. The summed E-state index contributed by atoms with van der Waals surface area (Å²) in [6, 6.07) is 3.54. The Morgan fingerprint density at radius 3 is 2.75 bits per heavy atom. The molecule has 0 aliphatic heterocycles. The molecule has 132 valence electrons. The van der Waals surface area contributed by atoms with Crippen LogP contribution >= 0.6 is 15.9 Å². The van der Waals surface area contributed by atoms with Gasteiger partial charge in [0.05, 0.1) is 22.7 Å². The Labute approximate surface area is 145 Å². The van der Waals surface area contributed by atoms with E-state index in [-0.39, 0.29) is 18.9 Å². The first-order valence-corrected chi connectivity index (χ1v) is 8.25. The molecule has 0 bridgehead atoms. The van der Waals surface area contributed by atoms with E-state index < -0.39 is 12.1 Å². The largest absolute Gasteiger partial charge is 0.492 e. The summed E-state index contributed by atoms with van der Waals surface area (Å²) in [7, 11) is 0. The summed E-state index contributed by atoms with van der Waals surface area (Å²) >= 11 is 3.38. The number of aromatic nitrogens is 1. The van der Waals surface area contributed by atoms with Crippen LogP contribution in [-0.4, -0.2) is 23.7 Å².